The maximum Gasteiger partial charge on any atom is 0.178 e. The van der Waals surface area contributed by atoms with Gasteiger partial charge in [0.1, 0.15) is 5.82 Å². The number of ketones is 1. The van der Waals surface area contributed by atoms with Crippen LogP contribution in [0.4, 0.5) is 4.39 Å². The summed E-state index contributed by atoms with van der Waals surface area (Å²) in [5.74, 6) is 0.316. The smallest absolute Gasteiger partial charge is 0.178 e. The molecule has 2 nitrogen and oxygen atoms in total. The minimum Gasteiger partial charge on any atom is -0.293 e. The van der Waals surface area contributed by atoms with E-state index in [9.17, 15) is 13.4 Å². The molecule has 0 radical (unpaired) electrons. The highest BCUT2D eigenvalue weighted by molar-refractivity contribution is 7.86. The fraction of sp³-hybridized carbons (Fsp3) is 0.500. The Bertz CT molecular complexity index is 428. The quantitative estimate of drug-likeness (QED) is 0.744. The van der Waals surface area contributed by atoms with Crippen LogP contribution in [-0.2, 0) is 10.8 Å². The van der Waals surface area contributed by atoms with Crippen LogP contribution in [0, 0.1) is 11.7 Å². The summed E-state index contributed by atoms with van der Waals surface area (Å²) in [6.45, 7) is 5.73. The van der Waals surface area contributed by atoms with Crippen LogP contribution in [0.3, 0.4) is 0 Å². The Balaban J connectivity index is 2.71. The first-order chi connectivity index (χ1) is 8.45. The minimum absolute atomic E-state index is 0.184. The van der Waals surface area contributed by atoms with Crippen molar-refractivity contribution in [1.29, 1.82) is 0 Å². The Kier molecular flexibility index (Phi) is 5.66. The number of hydrogen-bond acceptors (Lipinski definition) is 2. The molecule has 4 heteroatoms. The van der Waals surface area contributed by atoms with Gasteiger partial charge < -0.3 is 0 Å². The van der Waals surface area contributed by atoms with Gasteiger partial charge in [0, 0.05) is 22.1 Å². The first-order valence-electron chi connectivity index (χ1n) is 6.12. The molecule has 1 aromatic rings. The lowest BCUT2D eigenvalue weighted by Gasteiger charge is -2.13. The van der Waals surface area contributed by atoms with Crippen molar-refractivity contribution in [3.8, 4) is 0 Å². The van der Waals surface area contributed by atoms with Crippen molar-refractivity contribution < 1.29 is 13.4 Å². The molecule has 100 valence electrons. The zero-order valence-electron chi connectivity index (χ0n) is 11.0. The summed E-state index contributed by atoms with van der Waals surface area (Å²) in [4.78, 5) is 12.1. The monoisotopic (exact) mass is 270 g/mol. The molecule has 3 atom stereocenters. The highest BCUT2D eigenvalue weighted by Crippen LogP contribution is 2.12. The number of Topliss-reactive ketones (excluding diaryl/α,β-unsaturated/α-hetero) is 1. The van der Waals surface area contributed by atoms with Gasteiger partial charge in [-0.15, -0.1) is 0 Å². The van der Waals surface area contributed by atoms with Crippen LogP contribution in [0.15, 0.2) is 24.3 Å². The zero-order valence-corrected chi connectivity index (χ0v) is 11.8. The summed E-state index contributed by atoms with van der Waals surface area (Å²) in [5, 5.41) is -0.538. The minimum atomic E-state index is -1.17. The molecular formula is C14H19FO2S. The van der Waals surface area contributed by atoms with Crippen LogP contribution < -0.4 is 0 Å². The average molecular weight is 270 g/mol. The Morgan fingerprint density at radius 2 is 1.83 bits per heavy atom. The summed E-state index contributed by atoms with van der Waals surface area (Å²) in [6, 6.07) is 5.37. The molecule has 0 aromatic heterocycles. The number of carbonyl (C=O) groups is 1. The van der Waals surface area contributed by atoms with Gasteiger partial charge in [0.25, 0.3) is 0 Å². The normalized spacial score (nSPS) is 16.0. The Hall–Kier alpha value is -1.03. The van der Waals surface area contributed by atoms with E-state index in [1.165, 1.54) is 24.3 Å². The fourth-order valence-corrected chi connectivity index (χ4v) is 2.97. The molecule has 1 rings (SSSR count). The zero-order chi connectivity index (χ0) is 13.7. The van der Waals surface area contributed by atoms with Gasteiger partial charge in [0.05, 0.1) is 5.25 Å². The predicted octanol–water partition coefficient (Wildman–Crippen LogP) is 3.19. The lowest BCUT2D eigenvalue weighted by atomic mass is 10.1. The number of rotatable bonds is 6. The average Bonchev–Trinajstić information content (AvgIpc) is 2.37. The van der Waals surface area contributed by atoms with Crippen LogP contribution in [0.1, 0.15) is 37.6 Å². The molecule has 0 aliphatic carbocycles. The third-order valence-corrected chi connectivity index (χ3v) is 4.94. The highest BCUT2D eigenvalue weighted by Gasteiger charge is 2.22. The Morgan fingerprint density at radius 3 is 2.33 bits per heavy atom. The van der Waals surface area contributed by atoms with E-state index in [1.807, 2.05) is 13.8 Å². The first-order valence-corrected chi connectivity index (χ1v) is 7.50. The molecule has 0 aliphatic heterocycles. The van der Waals surface area contributed by atoms with Crippen molar-refractivity contribution in [2.45, 2.75) is 32.4 Å². The van der Waals surface area contributed by atoms with Crippen LogP contribution >= 0.6 is 0 Å². The van der Waals surface area contributed by atoms with Crippen molar-refractivity contribution in [1.82, 2.24) is 0 Å². The Labute approximate surface area is 110 Å². The van der Waals surface area contributed by atoms with Gasteiger partial charge in [-0.1, -0.05) is 20.3 Å². The first kappa shape index (κ1) is 15.0. The summed E-state index contributed by atoms with van der Waals surface area (Å²) in [6.07, 6.45) is 0.948. The molecule has 1 aromatic carbocycles. The molecule has 0 aliphatic rings. The van der Waals surface area contributed by atoms with E-state index < -0.39 is 16.0 Å². The number of carbonyl (C=O) groups excluding carboxylic acids is 1. The predicted molar refractivity (Wildman–Crippen MR) is 72.7 cm³/mol. The van der Waals surface area contributed by atoms with Crippen LogP contribution in [0.2, 0.25) is 0 Å². The lowest BCUT2D eigenvalue weighted by molar-refractivity contribution is 0.0992. The third kappa shape index (κ3) is 4.02. The van der Waals surface area contributed by atoms with Gasteiger partial charge in [-0.2, -0.15) is 0 Å². The molecule has 0 amide bonds. The fourth-order valence-electron chi connectivity index (χ4n) is 1.51. The van der Waals surface area contributed by atoms with E-state index in [1.54, 1.807) is 6.92 Å². The second-order valence-electron chi connectivity index (χ2n) is 4.57. The number of halogens is 1. The van der Waals surface area contributed by atoms with Crippen molar-refractivity contribution in [2.75, 3.05) is 5.75 Å². The number of hydrogen-bond donors (Lipinski definition) is 0. The summed E-state index contributed by atoms with van der Waals surface area (Å²) in [7, 11) is -1.17. The SMILES string of the molecule is CCC(C)CS(=O)C(C)C(=O)c1ccc(F)cc1. The van der Waals surface area contributed by atoms with Crippen molar-refractivity contribution >= 4 is 16.6 Å². The molecule has 18 heavy (non-hydrogen) atoms. The molecule has 0 fully saturated rings. The molecular weight excluding hydrogens is 251 g/mol. The lowest BCUT2D eigenvalue weighted by Crippen LogP contribution is -2.26. The summed E-state index contributed by atoms with van der Waals surface area (Å²) < 4.78 is 24.8. The standard InChI is InChI=1S/C14H19FO2S/c1-4-10(2)9-18(17)11(3)14(16)12-5-7-13(15)8-6-12/h5-8,10-11H,4,9H2,1-3H3. The molecule has 0 spiro atoms. The molecule has 3 unspecified atom stereocenters. The van der Waals surface area contributed by atoms with E-state index in [4.69, 9.17) is 0 Å². The van der Waals surface area contributed by atoms with Crippen LogP contribution in [0.25, 0.3) is 0 Å². The van der Waals surface area contributed by atoms with Crippen molar-refractivity contribution in [2.24, 2.45) is 5.92 Å². The number of benzene rings is 1. The van der Waals surface area contributed by atoms with E-state index in [0.29, 0.717) is 17.2 Å². The van der Waals surface area contributed by atoms with Crippen molar-refractivity contribution in [3.05, 3.63) is 35.6 Å². The van der Waals surface area contributed by atoms with E-state index in [2.05, 4.69) is 0 Å². The topological polar surface area (TPSA) is 34.1 Å². The maximum atomic E-state index is 12.8. The van der Waals surface area contributed by atoms with Gasteiger partial charge in [0.2, 0.25) is 0 Å². The van der Waals surface area contributed by atoms with Gasteiger partial charge in [-0.3, -0.25) is 9.00 Å². The summed E-state index contributed by atoms with van der Waals surface area (Å²) >= 11 is 0. The van der Waals surface area contributed by atoms with Crippen LogP contribution in [-0.4, -0.2) is 21.0 Å². The molecule has 0 N–H and O–H groups in total. The third-order valence-electron chi connectivity index (χ3n) is 3.04. The van der Waals surface area contributed by atoms with Gasteiger partial charge in [-0.25, -0.2) is 4.39 Å². The molecule has 0 saturated heterocycles. The van der Waals surface area contributed by atoms with Gasteiger partial charge >= 0.3 is 0 Å². The maximum absolute atomic E-state index is 12.8. The molecule has 0 heterocycles. The second kappa shape index (κ2) is 6.78. The molecule has 0 saturated carbocycles. The van der Waals surface area contributed by atoms with Gasteiger partial charge in [0.15, 0.2) is 5.78 Å². The van der Waals surface area contributed by atoms with Gasteiger partial charge in [-0.05, 0) is 37.1 Å². The highest BCUT2D eigenvalue weighted by atomic mass is 32.2. The summed E-state index contributed by atoms with van der Waals surface area (Å²) in [5.41, 5.74) is 0.418. The Morgan fingerprint density at radius 1 is 1.28 bits per heavy atom. The second-order valence-corrected chi connectivity index (χ2v) is 6.38. The largest absolute Gasteiger partial charge is 0.293 e. The van der Waals surface area contributed by atoms with E-state index in [0.717, 1.165) is 6.42 Å². The van der Waals surface area contributed by atoms with E-state index in [-0.39, 0.29) is 11.6 Å². The molecule has 0 bridgehead atoms. The van der Waals surface area contributed by atoms with Crippen LogP contribution in [0.5, 0.6) is 0 Å². The van der Waals surface area contributed by atoms with E-state index >= 15 is 0 Å². The van der Waals surface area contributed by atoms with Crippen molar-refractivity contribution in [3.63, 3.8) is 0 Å².